The molecule has 0 amide bonds. The highest BCUT2D eigenvalue weighted by molar-refractivity contribution is 5.69. The van der Waals surface area contributed by atoms with E-state index in [1.807, 2.05) is 30.3 Å². The molecule has 0 saturated heterocycles. The minimum atomic E-state index is -0.477. The highest BCUT2D eigenvalue weighted by Gasteiger charge is 2.12. The van der Waals surface area contributed by atoms with Crippen molar-refractivity contribution in [3.63, 3.8) is 0 Å². The molecule has 104 valence electrons. The predicted octanol–water partition coefficient (Wildman–Crippen LogP) is 3.24. The van der Waals surface area contributed by atoms with Crippen LogP contribution in [0.25, 0.3) is 22.6 Å². The van der Waals surface area contributed by atoms with E-state index in [2.05, 4.69) is 9.97 Å². The number of aromatic nitrogens is 2. The second-order valence-corrected chi connectivity index (χ2v) is 4.53. The molecule has 0 bridgehead atoms. The van der Waals surface area contributed by atoms with Crippen LogP contribution in [0.2, 0.25) is 0 Å². The van der Waals surface area contributed by atoms with Crippen LogP contribution in [0.3, 0.4) is 0 Å². The van der Waals surface area contributed by atoms with Gasteiger partial charge in [0.2, 0.25) is 0 Å². The Morgan fingerprint density at radius 1 is 0.952 bits per heavy atom. The molecule has 2 aromatic carbocycles. The summed E-state index contributed by atoms with van der Waals surface area (Å²) in [6.45, 7) is 0. The van der Waals surface area contributed by atoms with Gasteiger partial charge in [-0.05, 0) is 18.2 Å². The monoisotopic (exact) mass is 281 g/mol. The Morgan fingerprint density at radius 3 is 2.48 bits per heavy atom. The van der Waals surface area contributed by atoms with E-state index in [-0.39, 0.29) is 23.0 Å². The predicted molar refractivity (Wildman–Crippen MR) is 78.9 cm³/mol. The lowest BCUT2D eigenvalue weighted by Gasteiger charge is -2.07. The van der Waals surface area contributed by atoms with Gasteiger partial charge in [-0.2, -0.15) is 0 Å². The quantitative estimate of drug-likeness (QED) is 0.756. The first-order valence-corrected chi connectivity index (χ1v) is 6.32. The highest BCUT2D eigenvalue weighted by atomic mass is 19.1. The second-order valence-electron chi connectivity index (χ2n) is 4.53. The number of rotatable bonds is 2. The lowest BCUT2D eigenvalue weighted by molar-refractivity contribution is 0.475. The van der Waals surface area contributed by atoms with E-state index in [1.54, 1.807) is 6.07 Å². The van der Waals surface area contributed by atoms with E-state index in [9.17, 15) is 9.50 Å². The van der Waals surface area contributed by atoms with Crippen molar-refractivity contribution >= 4 is 5.82 Å². The molecule has 0 aliphatic carbocycles. The zero-order valence-electron chi connectivity index (χ0n) is 11.0. The van der Waals surface area contributed by atoms with E-state index >= 15 is 0 Å². The topological polar surface area (TPSA) is 72.0 Å². The third kappa shape index (κ3) is 2.67. The van der Waals surface area contributed by atoms with Crippen LogP contribution in [0.4, 0.5) is 10.2 Å². The summed E-state index contributed by atoms with van der Waals surface area (Å²) in [5.41, 5.74) is 7.48. The van der Waals surface area contributed by atoms with Gasteiger partial charge in [0.1, 0.15) is 17.4 Å². The first kappa shape index (κ1) is 13.1. The molecule has 0 aliphatic heterocycles. The smallest absolute Gasteiger partial charge is 0.165 e. The zero-order chi connectivity index (χ0) is 14.8. The number of halogens is 1. The van der Waals surface area contributed by atoms with Crippen LogP contribution >= 0.6 is 0 Å². The van der Waals surface area contributed by atoms with Gasteiger partial charge < -0.3 is 10.8 Å². The molecule has 1 aromatic heterocycles. The number of hydrogen-bond donors (Lipinski definition) is 2. The molecule has 0 fully saturated rings. The number of nitrogens with two attached hydrogens (primary N) is 1. The maximum Gasteiger partial charge on any atom is 0.165 e. The molecule has 0 radical (unpaired) electrons. The van der Waals surface area contributed by atoms with Crippen LogP contribution < -0.4 is 5.73 Å². The van der Waals surface area contributed by atoms with Gasteiger partial charge in [0, 0.05) is 11.6 Å². The zero-order valence-corrected chi connectivity index (χ0v) is 11.0. The molecule has 0 saturated carbocycles. The molecule has 0 atom stereocenters. The molecular weight excluding hydrogens is 269 g/mol. The number of nitrogen functional groups attached to an aromatic ring is 1. The van der Waals surface area contributed by atoms with Crippen molar-refractivity contribution in [1.29, 1.82) is 0 Å². The first-order valence-electron chi connectivity index (χ1n) is 6.32. The van der Waals surface area contributed by atoms with Crippen LogP contribution in [0, 0.1) is 5.82 Å². The Hall–Kier alpha value is -2.95. The highest BCUT2D eigenvalue weighted by Crippen LogP contribution is 2.29. The first-order chi connectivity index (χ1) is 10.1. The maximum absolute atomic E-state index is 13.4. The van der Waals surface area contributed by atoms with Gasteiger partial charge in [-0.25, -0.2) is 14.4 Å². The summed E-state index contributed by atoms with van der Waals surface area (Å²) < 4.78 is 13.4. The Balaban J connectivity index is 2.16. The summed E-state index contributed by atoms with van der Waals surface area (Å²) in [7, 11) is 0. The van der Waals surface area contributed by atoms with E-state index in [4.69, 9.17) is 5.73 Å². The molecule has 4 nitrogen and oxygen atoms in total. The Bertz CT molecular complexity index is 791. The fourth-order valence-electron chi connectivity index (χ4n) is 2.03. The van der Waals surface area contributed by atoms with E-state index in [0.717, 1.165) is 5.56 Å². The van der Waals surface area contributed by atoms with E-state index in [0.29, 0.717) is 5.69 Å². The fraction of sp³-hybridized carbons (Fsp3) is 0. The van der Waals surface area contributed by atoms with E-state index < -0.39 is 5.82 Å². The summed E-state index contributed by atoms with van der Waals surface area (Å²) >= 11 is 0. The van der Waals surface area contributed by atoms with Gasteiger partial charge in [-0.3, -0.25) is 0 Å². The summed E-state index contributed by atoms with van der Waals surface area (Å²) in [6, 6.07) is 14.7. The van der Waals surface area contributed by atoms with Crippen LogP contribution in [0.15, 0.2) is 54.6 Å². The Kier molecular flexibility index (Phi) is 3.23. The van der Waals surface area contributed by atoms with Crippen molar-refractivity contribution in [2.24, 2.45) is 0 Å². The fourth-order valence-corrected chi connectivity index (χ4v) is 2.03. The molecular formula is C16H12FN3O. The van der Waals surface area contributed by atoms with Gasteiger partial charge in [0.15, 0.2) is 5.82 Å². The van der Waals surface area contributed by atoms with Gasteiger partial charge in [0.25, 0.3) is 0 Å². The third-order valence-corrected chi connectivity index (χ3v) is 3.02. The van der Waals surface area contributed by atoms with Crippen molar-refractivity contribution in [3.05, 3.63) is 60.4 Å². The Labute approximate surface area is 120 Å². The van der Waals surface area contributed by atoms with E-state index in [1.165, 1.54) is 18.2 Å². The van der Waals surface area contributed by atoms with Crippen LogP contribution in [-0.4, -0.2) is 15.1 Å². The summed E-state index contributed by atoms with van der Waals surface area (Å²) in [4.78, 5) is 8.43. The molecule has 5 heteroatoms. The standard InChI is InChI=1S/C16H12FN3O/c17-11-6-7-14(21)12(8-11)16-19-13(9-15(18)20-16)10-4-2-1-3-5-10/h1-9,21H,(H2,18,19,20). The molecule has 3 N–H and O–H groups in total. The van der Waals surface area contributed by atoms with Gasteiger partial charge in [-0.15, -0.1) is 0 Å². The number of anilines is 1. The van der Waals surface area contributed by atoms with Crippen molar-refractivity contribution in [1.82, 2.24) is 9.97 Å². The number of phenolic OH excluding ortho intramolecular Hbond substituents is 1. The summed E-state index contributed by atoms with van der Waals surface area (Å²) in [6.07, 6.45) is 0. The lowest BCUT2D eigenvalue weighted by atomic mass is 10.1. The molecule has 3 rings (SSSR count). The number of aromatic hydroxyl groups is 1. The molecule has 0 aliphatic rings. The number of benzene rings is 2. The minimum Gasteiger partial charge on any atom is -0.507 e. The normalized spacial score (nSPS) is 10.5. The van der Waals surface area contributed by atoms with Gasteiger partial charge in [-0.1, -0.05) is 30.3 Å². The van der Waals surface area contributed by atoms with Crippen molar-refractivity contribution in [2.75, 3.05) is 5.73 Å². The van der Waals surface area contributed by atoms with Crippen molar-refractivity contribution in [2.45, 2.75) is 0 Å². The lowest BCUT2D eigenvalue weighted by Crippen LogP contribution is -1.98. The number of phenols is 1. The minimum absolute atomic E-state index is 0.0963. The summed E-state index contributed by atoms with van der Waals surface area (Å²) in [5, 5.41) is 9.85. The largest absolute Gasteiger partial charge is 0.507 e. The SMILES string of the molecule is Nc1cc(-c2ccccc2)nc(-c2cc(F)ccc2O)n1. The number of hydrogen-bond acceptors (Lipinski definition) is 4. The molecule has 0 spiro atoms. The molecule has 3 aromatic rings. The number of nitrogens with zero attached hydrogens (tertiary/aromatic N) is 2. The van der Waals surface area contributed by atoms with Crippen molar-refractivity contribution < 1.29 is 9.50 Å². The Morgan fingerprint density at radius 2 is 1.71 bits per heavy atom. The van der Waals surface area contributed by atoms with Crippen molar-refractivity contribution in [3.8, 4) is 28.4 Å². The van der Waals surface area contributed by atoms with Crippen LogP contribution in [0.5, 0.6) is 5.75 Å². The van der Waals surface area contributed by atoms with Gasteiger partial charge >= 0.3 is 0 Å². The molecule has 0 unspecified atom stereocenters. The third-order valence-electron chi connectivity index (χ3n) is 3.02. The molecule has 1 heterocycles. The second kappa shape index (κ2) is 5.20. The average Bonchev–Trinajstić information content (AvgIpc) is 2.50. The molecule has 21 heavy (non-hydrogen) atoms. The van der Waals surface area contributed by atoms with Gasteiger partial charge in [0.05, 0.1) is 11.3 Å². The van der Waals surface area contributed by atoms with Crippen LogP contribution in [-0.2, 0) is 0 Å². The summed E-state index contributed by atoms with van der Waals surface area (Å²) in [5.74, 6) is -0.135. The average molecular weight is 281 g/mol. The maximum atomic E-state index is 13.4. The van der Waals surface area contributed by atoms with Crippen LogP contribution in [0.1, 0.15) is 0 Å².